The van der Waals surface area contributed by atoms with Crippen LogP contribution in [0.25, 0.3) is 0 Å². The monoisotopic (exact) mass is 158 g/mol. The number of rotatable bonds is 2. The molecule has 4 nitrogen and oxygen atoms in total. The molecule has 0 spiro atoms. The highest BCUT2D eigenvalue weighted by Gasteiger charge is 2.41. The number of hydrazine groups is 1. The molecule has 1 aliphatic rings. The van der Waals surface area contributed by atoms with E-state index in [1.165, 1.54) is 0 Å². The zero-order valence-electron chi connectivity index (χ0n) is 7.37. The van der Waals surface area contributed by atoms with Crippen LogP contribution in [-0.2, 0) is 9.47 Å². The molecule has 2 radical (unpaired) electrons. The lowest BCUT2D eigenvalue weighted by atomic mass is 10.3. The number of hydrogen-bond acceptors (Lipinski definition) is 4. The average Bonchev–Trinajstić information content (AvgIpc) is 2.29. The van der Waals surface area contributed by atoms with Crippen LogP contribution in [-0.4, -0.2) is 44.1 Å². The fourth-order valence-corrected chi connectivity index (χ4v) is 1.03. The van der Waals surface area contributed by atoms with Gasteiger partial charge >= 0.3 is 0 Å². The van der Waals surface area contributed by atoms with E-state index >= 15 is 0 Å². The third-order valence-electron chi connectivity index (χ3n) is 1.87. The van der Waals surface area contributed by atoms with Gasteiger partial charge in [-0.25, -0.2) is 10.0 Å². The van der Waals surface area contributed by atoms with E-state index in [1.807, 2.05) is 37.2 Å². The summed E-state index contributed by atoms with van der Waals surface area (Å²) >= 11 is 0. The maximum Gasteiger partial charge on any atom is 0.205 e. The largest absolute Gasteiger partial charge is 0.350 e. The molecule has 0 aromatic heterocycles. The van der Waals surface area contributed by atoms with Crippen molar-refractivity contribution in [2.45, 2.75) is 5.79 Å². The Morgan fingerprint density at radius 3 is 1.55 bits per heavy atom. The Bertz CT molecular complexity index is 124. The van der Waals surface area contributed by atoms with Crippen LogP contribution in [0.4, 0.5) is 0 Å². The standard InChI is InChI=1S/C7H14N2O2/c1-8-5-7(10-3,11-4)6-9(8)2/h5-6H,1-4H3. The van der Waals surface area contributed by atoms with E-state index in [0.29, 0.717) is 0 Å². The molecule has 0 amide bonds. The number of likely N-dealkylation sites (N-methyl/N-ethyl adjacent to an activating group) is 2. The third-order valence-corrected chi connectivity index (χ3v) is 1.87. The van der Waals surface area contributed by atoms with Gasteiger partial charge < -0.3 is 9.47 Å². The fourth-order valence-electron chi connectivity index (χ4n) is 1.03. The predicted molar refractivity (Wildman–Crippen MR) is 40.9 cm³/mol. The van der Waals surface area contributed by atoms with Crippen molar-refractivity contribution >= 4 is 0 Å². The summed E-state index contributed by atoms with van der Waals surface area (Å²) in [6, 6.07) is 0. The minimum atomic E-state index is -0.677. The molecule has 0 aliphatic carbocycles. The zero-order chi connectivity index (χ0) is 8.48. The van der Waals surface area contributed by atoms with Crippen LogP contribution >= 0.6 is 0 Å². The van der Waals surface area contributed by atoms with Gasteiger partial charge in [0.15, 0.2) is 0 Å². The second-order valence-corrected chi connectivity index (χ2v) is 2.54. The van der Waals surface area contributed by atoms with Crippen LogP contribution in [0.2, 0.25) is 0 Å². The van der Waals surface area contributed by atoms with Gasteiger partial charge in [-0.05, 0) is 0 Å². The highest BCUT2D eigenvalue weighted by atomic mass is 16.7. The maximum absolute atomic E-state index is 5.17. The van der Waals surface area contributed by atoms with Crippen molar-refractivity contribution in [3.63, 3.8) is 0 Å². The molecule has 64 valence electrons. The average molecular weight is 158 g/mol. The second-order valence-electron chi connectivity index (χ2n) is 2.54. The Morgan fingerprint density at radius 2 is 1.36 bits per heavy atom. The van der Waals surface area contributed by atoms with Crippen LogP contribution in [0.15, 0.2) is 0 Å². The fraction of sp³-hybridized carbons (Fsp3) is 0.714. The van der Waals surface area contributed by atoms with Crippen molar-refractivity contribution in [1.82, 2.24) is 10.0 Å². The van der Waals surface area contributed by atoms with E-state index in [-0.39, 0.29) is 0 Å². The van der Waals surface area contributed by atoms with E-state index in [2.05, 4.69) is 0 Å². The molecule has 1 heterocycles. The van der Waals surface area contributed by atoms with E-state index < -0.39 is 5.79 Å². The molecule has 0 bridgehead atoms. The van der Waals surface area contributed by atoms with Gasteiger partial charge in [0.1, 0.15) is 13.1 Å². The van der Waals surface area contributed by atoms with Gasteiger partial charge in [0.25, 0.3) is 0 Å². The molecular formula is C7H14N2O2. The summed E-state index contributed by atoms with van der Waals surface area (Å²) in [5.41, 5.74) is 0. The summed E-state index contributed by atoms with van der Waals surface area (Å²) in [7, 11) is 7.08. The molecule has 0 aromatic carbocycles. The minimum Gasteiger partial charge on any atom is -0.350 e. The van der Waals surface area contributed by atoms with Crippen LogP contribution in [0, 0.1) is 13.1 Å². The molecule has 0 aromatic rings. The molecule has 0 saturated carbocycles. The van der Waals surface area contributed by atoms with Crippen LogP contribution in [0.3, 0.4) is 0 Å². The summed E-state index contributed by atoms with van der Waals surface area (Å²) in [6.07, 6.45) is 0. The van der Waals surface area contributed by atoms with E-state index in [0.717, 1.165) is 0 Å². The zero-order valence-corrected chi connectivity index (χ0v) is 7.37. The van der Waals surface area contributed by atoms with Gasteiger partial charge in [0.05, 0.1) is 0 Å². The lowest BCUT2D eigenvalue weighted by molar-refractivity contribution is -0.156. The van der Waals surface area contributed by atoms with Crippen molar-refractivity contribution < 1.29 is 9.47 Å². The summed E-state index contributed by atoms with van der Waals surface area (Å²) in [6.45, 7) is 3.71. The first-order valence-electron chi connectivity index (χ1n) is 3.41. The Kier molecular flexibility index (Phi) is 2.49. The molecule has 0 atom stereocenters. The summed E-state index contributed by atoms with van der Waals surface area (Å²) < 4.78 is 10.3. The number of methoxy groups -OCH3 is 2. The Hall–Kier alpha value is -0.160. The highest BCUT2D eigenvalue weighted by molar-refractivity contribution is 5.01. The SMILES string of the molecule is COC1(OC)[CH]N(C)N(C)[CH]1. The number of hydrogen-bond donors (Lipinski definition) is 0. The first kappa shape index (κ1) is 8.93. The minimum absolute atomic E-state index is 0.677. The first-order chi connectivity index (χ1) is 5.13. The number of nitrogens with zero attached hydrogens (tertiary/aromatic N) is 2. The van der Waals surface area contributed by atoms with Gasteiger partial charge in [-0.1, -0.05) is 0 Å². The van der Waals surface area contributed by atoms with Crippen molar-refractivity contribution in [3.8, 4) is 0 Å². The number of ether oxygens (including phenoxy) is 2. The molecule has 4 heteroatoms. The van der Waals surface area contributed by atoms with Crippen molar-refractivity contribution in [2.75, 3.05) is 28.3 Å². The molecule has 1 rings (SSSR count). The van der Waals surface area contributed by atoms with Crippen LogP contribution in [0.1, 0.15) is 0 Å². The van der Waals surface area contributed by atoms with Gasteiger partial charge in [-0.15, -0.1) is 0 Å². The van der Waals surface area contributed by atoms with Gasteiger partial charge in [0.2, 0.25) is 5.79 Å². The van der Waals surface area contributed by atoms with Crippen molar-refractivity contribution in [1.29, 1.82) is 0 Å². The van der Waals surface area contributed by atoms with E-state index in [9.17, 15) is 0 Å². The van der Waals surface area contributed by atoms with E-state index in [4.69, 9.17) is 9.47 Å². The predicted octanol–water partition coefficient (Wildman–Crippen LogP) is 0.0913. The summed E-state index contributed by atoms with van der Waals surface area (Å²) in [5.74, 6) is -0.677. The Labute approximate surface area is 67.6 Å². The topological polar surface area (TPSA) is 24.9 Å². The lowest BCUT2D eigenvalue weighted by Gasteiger charge is -2.22. The molecule has 0 unspecified atom stereocenters. The van der Waals surface area contributed by atoms with Gasteiger partial charge in [-0.2, -0.15) is 0 Å². The Morgan fingerprint density at radius 1 is 1.00 bits per heavy atom. The molecule has 1 fully saturated rings. The smallest absolute Gasteiger partial charge is 0.205 e. The molecule has 0 N–H and O–H groups in total. The molecular weight excluding hydrogens is 144 g/mol. The molecule has 1 aliphatic heterocycles. The third kappa shape index (κ3) is 1.54. The lowest BCUT2D eigenvalue weighted by Crippen LogP contribution is -2.32. The quantitative estimate of drug-likeness (QED) is 0.532. The van der Waals surface area contributed by atoms with Gasteiger partial charge in [0, 0.05) is 28.3 Å². The first-order valence-corrected chi connectivity index (χ1v) is 3.41. The van der Waals surface area contributed by atoms with Crippen LogP contribution in [0.5, 0.6) is 0 Å². The molecule has 11 heavy (non-hydrogen) atoms. The van der Waals surface area contributed by atoms with E-state index in [1.54, 1.807) is 14.2 Å². The highest BCUT2D eigenvalue weighted by Crippen LogP contribution is 2.29. The normalized spacial score (nSPS) is 26.2. The van der Waals surface area contributed by atoms with Gasteiger partial charge in [-0.3, -0.25) is 0 Å². The molecule has 1 saturated heterocycles. The summed E-state index contributed by atoms with van der Waals surface area (Å²) in [5, 5.41) is 3.79. The van der Waals surface area contributed by atoms with Crippen LogP contribution < -0.4 is 0 Å². The van der Waals surface area contributed by atoms with Crippen molar-refractivity contribution in [2.24, 2.45) is 0 Å². The Balaban J connectivity index is 2.61. The van der Waals surface area contributed by atoms with Crippen molar-refractivity contribution in [3.05, 3.63) is 13.1 Å². The summed E-state index contributed by atoms with van der Waals surface area (Å²) in [4.78, 5) is 0. The maximum atomic E-state index is 5.17. The second kappa shape index (κ2) is 3.06.